The lowest BCUT2D eigenvalue weighted by Gasteiger charge is -2.26. The Hall–Kier alpha value is -1.09. The lowest BCUT2D eigenvalue weighted by atomic mass is 9.86. The summed E-state index contributed by atoms with van der Waals surface area (Å²) in [4.78, 5) is 0. The Morgan fingerprint density at radius 2 is 2.24 bits per heavy atom. The number of benzene rings is 1. The monoisotopic (exact) mass is 237 g/mol. The normalized spacial score (nSPS) is 17.6. The first-order valence-electron chi connectivity index (χ1n) is 6.30. The van der Waals surface area contributed by atoms with Crippen molar-refractivity contribution in [3.8, 4) is 5.75 Å². The molecule has 1 unspecified atom stereocenters. The highest BCUT2D eigenvalue weighted by molar-refractivity contribution is 5.36. The summed E-state index contributed by atoms with van der Waals surface area (Å²) in [6.07, 6.45) is 3.79. The summed E-state index contributed by atoms with van der Waals surface area (Å²) in [5, 5.41) is 3.15. The molecule has 1 saturated carbocycles. The van der Waals surface area contributed by atoms with Gasteiger partial charge in [-0.15, -0.1) is 0 Å². The fourth-order valence-corrected chi connectivity index (χ4v) is 2.01. The van der Waals surface area contributed by atoms with Crippen LogP contribution in [-0.4, -0.2) is 13.7 Å². The highest BCUT2D eigenvalue weighted by atomic mass is 19.1. The van der Waals surface area contributed by atoms with Crippen LogP contribution >= 0.6 is 0 Å². The smallest absolute Gasteiger partial charge is 0.126 e. The van der Waals surface area contributed by atoms with Gasteiger partial charge in [-0.1, -0.05) is 12.5 Å². The van der Waals surface area contributed by atoms with E-state index in [9.17, 15) is 4.39 Å². The number of nitrogens with one attached hydrogen (secondary N) is 1. The van der Waals surface area contributed by atoms with Gasteiger partial charge >= 0.3 is 0 Å². The predicted octanol–water partition coefficient (Wildman–Crippen LogP) is 3.29. The minimum atomic E-state index is -0.235. The van der Waals surface area contributed by atoms with Crippen LogP contribution in [0.25, 0.3) is 0 Å². The number of ether oxygens (including phenoxy) is 1. The van der Waals surface area contributed by atoms with Gasteiger partial charge in [0.15, 0.2) is 0 Å². The Labute approximate surface area is 102 Å². The van der Waals surface area contributed by atoms with E-state index in [1.54, 1.807) is 6.07 Å². The van der Waals surface area contributed by atoms with Crippen LogP contribution in [0.1, 0.15) is 37.8 Å². The molecule has 1 fully saturated rings. The van der Waals surface area contributed by atoms with Gasteiger partial charge in [-0.2, -0.15) is 0 Å². The van der Waals surface area contributed by atoms with E-state index in [0.29, 0.717) is 18.3 Å². The minimum absolute atomic E-state index is 0.173. The van der Waals surface area contributed by atoms with Crippen molar-refractivity contribution in [1.82, 2.24) is 5.32 Å². The molecule has 0 aliphatic heterocycles. The third kappa shape index (κ3) is 2.97. The van der Waals surface area contributed by atoms with Gasteiger partial charge in [0, 0.05) is 17.7 Å². The second-order valence-corrected chi connectivity index (χ2v) is 4.80. The molecule has 3 heteroatoms. The third-order valence-electron chi connectivity index (χ3n) is 3.57. The summed E-state index contributed by atoms with van der Waals surface area (Å²) in [6.45, 7) is 2.76. The van der Waals surface area contributed by atoms with Crippen LogP contribution in [0.4, 0.5) is 4.39 Å². The fraction of sp³-hybridized carbons (Fsp3) is 0.571. The van der Waals surface area contributed by atoms with Gasteiger partial charge in [0.05, 0.1) is 6.61 Å². The van der Waals surface area contributed by atoms with Gasteiger partial charge in [0.2, 0.25) is 0 Å². The number of hydrogen-bond donors (Lipinski definition) is 1. The molecule has 0 radical (unpaired) electrons. The Morgan fingerprint density at radius 3 is 2.82 bits per heavy atom. The molecule has 0 amide bonds. The molecule has 0 aromatic heterocycles. The highest BCUT2D eigenvalue weighted by Gasteiger charge is 2.19. The van der Waals surface area contributed by atoms with E-state index in [1.165, 1.54) is 31.4 Å². The van der Waals surface area contributed by atoms with Gasteiger partial charge < -0.3 is 10.1 Å². The molecule has 1 aromatic carbocycles. The number of hydrogen-bond acceptors (Lipinski definition) is 2. The zero-order chi connectivity index (χ0) is 12.3. The first-order chi connectivity index (χ1) is 8.20. The van der Waals surface area contributed by atoms with Crippen LogP contribution in [0.15, 0.2) is 18.2 Å². The Kier molecular flexibility index (Phi) is 4.00. The molecule has 0 bridgehead atoms. The van der Waals surface area contributed by atoms with Gasteiger partial charge in [-0.05, 0) is 38.8 Å². The van der Waals surface area contributed by atoms with E-state index in [0.717, 1.165) is 5.56 Å². The van der Waals surface area contributed by atoms with Crippen LogP contribution in [0.3, 0.4) is 0 Å². The lowest BCUT2D eigenvalue weighted by Crippen LogP contribution is -2.21. The molecule has 1 aliphatic rings. The molecule has 94 valence electrons. The molecule has 2 rings (SSSR count). The van der Waals surface area contributed by atoms with Crippen molar-refractivity contribution >= 4 is 0 Å². The lowest BCUT2D eigenvalue weighted by molar-refractivity contribution is 0.178. The summed E-state index contributed by atoms with van der Waals surface area (Å²) in [5.74, 6) is 1.11. The molecule has 0 heterocycles. The average molecular weight is 237 g/mol. The number of rotatable bonds is 5. The maximum atomic E-state index is 13.2. The van der Waals surface area contributed by atoms with Crippen molar-refractivity contribution < 1.29 is 9.13 Å². The van der Waals surface area contributed by atoms with E-state index in [2.05, 4.69) is 5.32 Å². The Morgan fingerprint density at radius 1 is 1.47 bits per heavy atom. The van der Waals surface area contributed by atoms with Gasteiger partial charge in [0.1, 0.15) is 11.6 Å². The van der Waals surface area contributed by atoms with Crippen molar-refractivity contribution in [2.75, 3.05) is 13.7 Å². The van der Waals surface area contributed by atoms with Gasteiger partial charge in [-0.25, -0.2) is 4.39 Å². The minimum Gasteiger partial charge on any atom is -0.493 e. The average Bonchev–Trinajstić information content (AvgIpc) is 2.26. The quantitative estimate of drug-likeness (QED) is 0.848. The van der Waals surface area contributed by atoms with Crippen LogP contribution in [-0.2, 0) is 0 Å². The van der Waals surface area contributed by atoms with Crippen LogP contribution in [0.5, 0.6) is 5.75 Å². The second-order valence-electron chi connectivity index (χ2n) is 4.80. The predicted molar refractivity (Wildman–Crippen MR) is 66.7 cm³/mol. The molecular weight excluding hydrogens is 217 g/mol. The molecule has 1 N–H and O–H groups in total. The molecular formula is C14H20FNO. The summed E-state index contributed by atoms with van der Waals surface area (Å²) in [6, 6.07) is 4.94. The SMILES string of the molecule is CNC(C)c1ccc(F)cc1OCC1CCC1. The molecule has 2 nitrogen and oxygen atoms in total. The Bertz CT molecular complexity index is 376. The highest BCUT2D eigenvalue weighted by Crippen LogP contribution is 2.30. The molecule has 17 heavy (non-hydrogen) atoms. The van der Waals surface area contributed by atoms with Gasteiger partial charge in [-0.3, -0.25) is 0 Å². The van der Waals surface area contributed by atoms with Crippen LogP contribution in [0.2, 0.25) is 0 Å². The van der Waals surface area contributed by atoms with Crippen molar-refractivity contribution in [3.63, 3.8) is 0 Å². The molecule has 0 spiro atoms. The molecule has 0 saturated heterocycles. The fourth-order valence-electron chi connectivity index (χ4n) is 2.01. The topological polar surface area (TPSA) is 21.3 Å². The van der Waals surface area contributed by atoms with Crippen molar-refractivity contribution in [3.05, 3.63) is 29.6 Å². The standard InChI is InChI=1S/C14H20FNO/c1-10(16-2)13-7-6-12(15)8-14(13)17-9-11-4-3-5-11/h6-8,10-11,16H,3-5,9H2,1-2H3. The summed E-state index contributed by atoms with van der Waals surface area (Å²) < 4.78 is 19.0. The summed E-state index contributed by atoms with van der Waals surface area (Å²) in [5.41, 5.74) is 1.02. The van der Waals surface area contributed by atoms with Crippen molar-refractivity contribution in [2.24, 2.45) is 5.92 Å². The molecule has 1 aromatic rings. The maximum absolute atomic E-state index is 13.2. The largest absolute Gasteiger partial charge is 0.493 e. The van der Waals surface area contributed by atoms with Crippen molar-refractivity contribution in [2.45, 2.75) is 32.2 Å². The molecule has 1 atom stereocenters. The van der Waals surface area contributed by atoms with Crippen LogP contribution < -0.4 is 10.1 Å². The summed E-state index contributed by atoms with van der Waals surface area (Å²) in [7, 11) is 1.89. The van der Waals surface area contributed by atoms with Crippen molar-refractivity contribution in [1.29, 1.82) is 0 Å². The first-order valence-corrected chi connectivity index (χ1v) is 6.30. The first kappa shape index (κ1) is 12.4. The Balaban J connectivity index is 2.08. The number of halogens is 1. The van der Waals surface area contributed by atoms with E-state index < -0.39 is 0 Å². The molecule has 1 aliphatic carbocycles. The van der Waals surface area contributed by atoms with Crippen LogP contribution in [0, 0.1) is 11.7 Å². The van der Waals surface area contributed by atoms with E-state index in [-0.39, 0.29) is 11.9 Å². The zero-order valence-electron chi connectivity index (χ0n) is 10.5. The zero-order valence-corrected chi connectivity index (χ0v) is 10.5. The van der Waals surface area contributed by atoms with E-state index >= 15 is 0 Å². The van der Waals surface area contributed by atoms with E-state index in [4.69, 9.17) is 4.74 Å². The maximum Gasteiger partial charge on any atom is 0.126 e. The third-order valence-corrected chi connectivity index (χ3v) is 3.57. The van der Waals surface area contributed by atoms with Gasteiger partial charge in [0.25, 0.3) is 0 Å². The van der Waals surface area contributed by atoms with E-state index in [1.807, 2.05) is 14.0 Å². The second kappa shape index (κ2) is 5.50. The summed E-state index contributed by atoms with van der Waals surface area (Å²) >= 11 is 0.